The first-order valence-electron chi connectivity index (χ1n) is 8.60. The zero-order valence-corrected chi connectivity index (χ0v) is 14.4. The highest BCUT2D eigenvalue weighted by atomic mass is 16.5. The van der Waals surface area contributed by atoms with Crippen molar-refractivity contribution in [3.05, 3.63) is 29.8 Å². The Hall–Kier alpha value is -1.06. The number of hydrogen-bond acceptors (Lipinski definition) is 3. The Kier molecular flexibility index (Phi) is 6.71. The number of benzene rings is 1. The van der Waals surface area contributed by atoms with Gasteiger partial charge in [0.25, 0.3) is 0 Å². The molecule has 1 heterocycles. The van der Waals surface area contributed by atoms with Crippen molar-refractivity contribution in [2.24, 2.45) is 5.41 Å². The van der Waals surface area contributed by atoms with E-state index >= 15 is 0 Å². The molecule has 0 spiro atoms. The molecule has 1 aliphatic rings. The summed E-state index contributed by atoms with van der Waals surface area (Å²) in [6.45, 7) is 8.30. The fraction of sp³-hybridized carbons (Fsp3) is 0.684. The first kappa shape index (κ1) is 17.3. The molecule has 1 atom stereocenters. The highest BCUT2D eigenvalue weighted by Gasteiger charge is 2.24. The zero-order valence-electron chi connectivity index (χ0n) is 14.4. The molecule has 1 unspecified atom stereocenters. The standard InChI is InChI=1S/C19H31NO2/c1-4-19(2,11-14-21-3)15-22-18-8-6-5-7-17(18)16-9-12-20-13-10-16/h5-8,16,20H,4,9-15H2,1-3H3. The Bertz CT molecular complexity index is 443. The predicted octanol–water partition coefficient (Wildman–Crippen LogP) is 3.99. The minimum Gasteiger partial charge on any atom is -0.493 e. The number of methoxy groups -OCH3 is 1. The maximum absolute atomic E-state index is 6.27. The Morgan fingerprint density at radius 3 is 2.64 bits per heavy atom. The van der Waals surface area contributed by atoms with Gasteiger partial charge in [-0.05, 0) is 56.3 Å². The fourth-order valence-corrected chi connectivity index (χ4v) is 3.03. The SMILES string of the molecule is CCC(C)(CCOC)COc1ccccc1C1CCNCC1. The molecular formula is C19H31NO2. The molecule has 1 aromatic rings. The van der Waals surface area contributed by atoms with Crippen molar-refractivity contribution in [3.63, 3.8) is 0 Å². The molecule has 0 aromatic heterocycles. The number of piperidine rings is 1. The summed E-state index contributed by atoms with van der Waals surface area (Å²) in [6.07, 6.45) is 4.55. The molecule has 3 nitrogen and oxygen atoms in total. The lowest BCUT2D eigenvalue weighted by Crippen LogP contribution is -2.28. The number of nitrogens with one attached hydrogen (secondary N) is 1. The summed E-state index contributed by atoms with van der Waals surface area (Å²) >= 11 is 0. The van der Waals surface area contributed by atoms with Crippen molar-refractivity contribution in [2.45, 2.75) is 45.4 Å². The fourth-order valence-electron chi connectivity index (χ4n) is 3.03. The van der Waals surface area contributed by atoms with Crippen LogP contribution in [0.2, 0.25) is 0 Å². The number of ether oxygens (including phenoxy) is 2. The molecular weight excluding hydrogens is 274 g/mol. The molecule has 1 fully saturated rings. The second-order valence-electron chi connectivity index (χ2n) is 6.76. The van der Waals surface area contributed by atoms with Gasteiger partial charge < -0.3 is 14.8 Å². The molecule has 0 aliphatic carbocycles. The summed E-state index contributed by atoms with van der Waals surface area (Å²) in [6, 6.07) is 8.58. The summed E-state index contributed by atoms with van der Waals surface area (Å²) in [5.74, 6) is 1.70. The van der Waals surface area contributed by atoms with Crippen LogP contribution in [0.15, 0.2) is 24.3 Å². The van der Waals surface area contributed by atoms with Gasteiger partial charge in [0, 0.05) is 19.1 Å². The van der Waals surface area contributed by atoms with Gasteiger partial charge >= 0.3 is 0 Å². The second kappa shape index (κ2) is 8.54. The largest absolute Gasteiger partial charge is 0.493 e. The van der Waals surface area contributed by atoms with Gasteiger partial charge in [-0.3, -0.25) is 0 Å². The van der Waals surface area contributed by atoms with Crippen LogP contribution in [0, 0.1) is 5.41 Å². The van der Waals surface area contributed by atoms with Gasteiger partial charge in [-0.25, -0.2) is 0 Å². The topological polar surface area (TPSA) is 30.5 Å². The highest BCUT2D eigenvalue weighted by molar-refractivity contribution is 5.36. The van der Waals surface area contributed by atoms with Gasteiger partial charge in [-0.15, -0.1) is 0 Å². The average Bonchev–Trinajstić information content (AvgIpc) is 2.59. The van der Waals surface area contributed by atoms with E-state index in [4.69, 9.17) is 9.47 Å². The van der Waals surface area contributed by atoms with Crippen molar-refractivity contribution >= 4 is 0 Å². The lowest BCUT2D eigenvalue weighted by Gasteiger charge is -2.30. The summed E-state index contributed by atoms with van der Waals surface area (Å²) < 4.78 is 11.5. The lowest BCUT2D eigenvalue weighted by atomic mass is 9.85. The Morgan fingerprint density at radius 2 is 1.95 bits per heavy atom. The lowest BCUT2D eigenvalue weighted by molar-refractivity contribution is 0.0957. The van der Waals surface area contributed by atoms with Crippen LogP contribution in [0.25, 0.3) is 0 Å². The highest BCUT2D eigenvalue weighted by Crippen LogP contribution is 2.34. The summed E-state index contributed by atoms with van der Waals surface area (Å²) in [5.41, 5.74) is 1.56. The van der Waals surface area contributed by atoms with Crippen molar-refractivity contribution in [1.29, 1.82) is 0 Å². The maximum atomic E-state index is 6.27. The van der Waals surface area contributed by atoms with E-state index in [0.29, 0.717) is 5.92 Å². The average molecular weight is 305 g/mol. The number of rotatable bonds is 8. The van der Waals surface area contributed by atoms with Crippen LogP contribution in [0.5, 0.6) is 5.75 Å². The molecule has 0 amide bonds. The van der Waals surface area contributed by atoms with Gasteiger partial charge in [0.15, 0.2) is 0 Å². The third-order valence-electron chi connectivity index (χ3n) is 5.04. The zero-order chi connectivity index (χ0) is 15.8. The number of para-hydroxylation sites is 1. The molecule has 124 valence electrons. The van der Waals surface area contributed by atoms with E-state index in [-0.39, 0.29) is 5.41 Å². The summed E-state index contributed by atoms with van der Waals surface area (Å²) in [5, 5.41) is 3.44. The van der Waals surface area contributed by atoms with E-state index in [1.807, 2.05) is 0 Å². The molecule has 1 saturated heterocycles. The van der Waals surface area contributed by atoms with Crippen molar-refractivity contribution in [3.8, 4) is 5.75 Å². The quantitative estimate of drug-likeness (QED) is 0.788. The minimum absolute atomic E-state index is 0.178. The van der Waals surface area contributed by atoms with E-state index in [1.54, 1.807) is 7.11 Å². The summed E-state index contributed by atoms with van der Waals surface area (Å²) in [4.78, 5) is 0. The maximum Gasteiger partial charge on any atom is 0.122 e. The van der Waals surface area contributed by atoms with E-state index in [1.165, 1.54) is 18.4 Å². The number of hydrogen-bond donors (Lipinski definition) is 1. The van der Waals surface area contributed by atoms with Crippen LogP contribution in [0.4, 0.5) is 0 Å². The molecule has 1 aromatic carbocycles. The van der Waals surface area contributed by atoms with Crippen molar-refractivity contribution in [1.82, 2.24) is 5.32 Å². The molecule has 0 bridgehead atoms. The molecule has 1 N–H and O–H groups in total. The minimum atomic E-state index is 0.178. The molecule has 1 aliphatic heterocycles. The van der Waals surface area contributed by atoms with E-state index < -0.39 is 0 Å². The van der Waals surface area contributed by atoms with Crippen LogP contribution in [0.1, 0.15) is 51.0 Å². The molecule has 0 saturated carbocycles. The van der Waals surface area contributed by atoms with Crippen molar-refractivity contribution in [2.75, 3.05) is 33.4 Å². The molecule has 3 heteroatoms. The summed E-state index contributed by atoms with van der Waals surface area (Å²) in [7, 11) is 1.77. The van der Waals surface area contributed by atoms with Crippen molar-refractivity contribution < 1.29 is 9.47 Å². The van der Waals surface area contributed by atoms with E-state index in [2.05, 4.69) is 43.4 Å². The molecule has 2 rings (SSSR count). The normalized spacial score (nSPS) is 18.9. The Labute approximate surface area is 135 Å². The van der Waals surface area contributed by atoms with Crippen LogP contribution in [-0.4, -0.2) is 33.4 Å². The first-order valence-corrected chi connectivity index (χ1v) is 8.60. The van der Waals surface area contributed by atoms with Crippen LogP contribution in [-0.2, 0) is 4.74 Å². The third-order valence-corrected chi connectivity index (χ3v) is 5.04. The predicted molar refractivity (Wildman–Crippen MR) is 91.7 cm³/mol. The third kappa shape index (κ3) is 4.72. The Balaban J connectivity index is 2.02. The van der Waals surface area contributed by atoms with Gasteiger partial charge in [0.2, 0.25) is 0 Å². The van der Waals surface area contributed by atoms with E-state index in [0.717, 1.165) is 44.9 Å². The van der Waals surface area contributed by atoms with Gasteiger partial charge in [0.05, 0.1) is 6.61 Å². The van der Waals surface area contributed by atoms with Crippen LogP contribution in [0.3, 0.4) is 0 Å². The second-order valence-corrected chi connectivity index (χ2v) is 6.76. The van der Waals surface area contributed by atoms with Gasteiger partial charge in [0.1, 0.15) is 5.75 Å². The van der Waals surface area contributed by atoms with Gasteiger partial charge in [-0.1, -0.05) is 32.0 Å². The Morgan fingerprint density at radius 1 is 1.23 bits per heavy atom. The monoisotopic (exact) mass is 305 g/mol. The molecule has 22 heavy (non-hydrogen) atoms. The smallest absolute Gasteiger partial charge is 0.122 e. The first-order chi connectivity index (χ1) is 10.7. The van der Waals surface area contributed by atoms with Crippen LogP contribution < -0.4 is 10.1 Å². The van der Waals surface area contributed by atoms with Crippen LogP contribution >= 0.6 is 0 Å². The van der Waals surface area contributed by atoms with Gasteiger partial charge in [-0.2, -0.15) is 0 Å². The van der Waals surface area contributed by atoms with E-state index in [9.17, 15) is 0 Å². The molecule has 0 radical (unpaired) electrons.